The molecule has 0 spiro atoms. The van der Waals surface area contributed by atoms with Crippen molar-refractivity contribution in [1.82, 2.24) is 19.9 Å². The number of imidazole rings is 1. The number of pyridine rings is 1. The summed E-state index contributed by atoms with van der Waals surface area (Å²) in [5.74, 6) is 0.570. The van der Waals surface area contributed by atoms with Gasteiger partial charge < -0.3 is 5.32 Å². The Labute approximate surface area is 104 Å². The molecule has 2 aromatic rings. The molecule has 2 heterocycles. The molecule has 0 saturated heterocycles. The van der Waals surface area contributed by atoms with Crippen molar-refractivity contribution in [3.05, 3.63) is 41.6 Å². The molecule has 0 aliphatic rings. The summed E-state index contributed by atoms with van der Waals surface area (Å²) >= 11 is 0. The molecule has 0 fully saturated rings. The van der Waals surface area contributed by atoms with Crippen LogP contribution in [0.25, 0.3) is 5.82 Å². The SMILES string of the molecule is CNCc1ccc(-n2cnc(C#N)c2C#N)nc1. The molecule has 18 heavy (non-hydrogen) atoms. The topological polar surface area (TPSA) is 90.3 Å². The molecule has 6 nitrogen and oxygen atoms in total. The van der Waals surface area contributed by atoms with E-state index in [0.717, 1.165) is 12.1 Å². The second kappa shape index (κ2) is 5.09. The van der Waals surface area contributed by atoms with E-state index < -0.39 is 0 Å². The van der Waals surface area contributed by atoms with Crippen LogP contribution in [0.4, 0.5) is 0 Å². The Morgan fingerprint density at radius 1 is 1.28 bits per heavy atom. The van der Waals surface area contributed by atoms with Gasteiger partial charge in [0.1, 0.15) is 24.3 Å². The monoisotopic (exact) mass is 238 g/mol. The van der Waals surface area contributed by atoms with E-state index in [9.17, 15) is 0 Å². The summed E-state index contributed by atoms with van der Waals surface area (Å²) in [6.07, 6.45) is 3.15. The van der Waals surface area contributed by atoms with E-state index in [1.54, 1.807) is 12.3 Å². The third-order valence-corrected chi connectivity index (χ3v) is 2.42. The first kappa shape index (κ1) is 11.8. The lowest BCUT2D eigenvalue weighted by molar-refractivity contribution is 0.810. The van der Waals surface area contributed by atoms with Crippen molar-refractivity contribution in [2.75, 3.05) is 7.05 Å². The van der Waals surface area contributed by atoms with Crippen molar-refractivity contribution in [2.24, 2.45) is 0 Å². The number of nitrogens with zero attached hydrogens (tertiary/aromatic N) is 5. The van der Waals surface area contributed by atoms with Crippen molar-refractivity contribution in [3.8, 4) is 18.0 Å². The first-order chi connectivity index (χ1) is 8.80. The predicted molar refractivity (Wildman–Crippen MR) is 63.6 cm³/mol. The fourth-order valence-electron chi connectivity index (χ4n) is 1.58. The fourth-order valence-corrected chi connectivity index (χ4v) is 1.58. The molecule has 0 unspecified atom stereocenters. The highest BCUT2D eigenvalue weighted by Gasteiger charge is 2.11. The highest BCUT2D eigenvalue weighted by atomic mass is 15.1. The summed E-state index contributed by atoms with van der Waals surface area (Å²) in [6, 6.07) is 7.53. The number of hydrogen-bond acceptors (Lipinski definition) is 5. The van der Waals surface area contributed by atoms with Gasteiger partial charge in [-0.2, -0.15) is 10.5 Å². The van der Waals surface area contributed by atoms with Crippen LogP contribution in [0, 0.1) is 22.7 Å². The normalized spacial score (nSPS) is 9.72. The molecule has 0 atom stereocenters. The molecule has 0 amide bonds. The van der Waals surface area contributed by atoms with E-state index in [0.29, 0.717) is 5.82 Å². The number of nitriles is 2. The van der Waals surface area contributed by atoms with Crippen LogP contribution >= 0.6 is 0 Å². The van der Waals surface area contributed by atoms with Crippen LogP contribution < -0.4 is 5.32 Å². The van der Waals surface area contributed by atoms with Crippen LogP contribution in [-0.4, -0.2) is 21.6 Å². The average molecular weight is 238 g/mol. The highest BCUT2D eigenvalue weighted by molar-refractivity contribution is 5.41. The van der Waals surface area contributed by atoms with Crippen LogP contribution in [0.5, 0.6) is 0 Å². The van der Waals surface area contributed by atoms with Crippen LogP contribution in [0.2, 0.25) is 0 Å². The molecule has 0 bridgehead atoms. The molecule has 0 saturated carbocycles. The molecule has 2 aromatic heterocycles. The average Bonchev–Trinajstić information content (AvgIpc) is 2.82. The minimum absolute atomic E-state index is 0.110. The van der Waals surface area contributed by atoms with Gasteiger partial charge in [0.15, 0.2) is 11.4 Å². The Morgan fingerprint density at radius 3 is 2.67 bits per heavy atom. The summed E-state index contributed by atoms with van der Waals surface area (Å²) in [5, 5.41) is 20.9. The van der Waals surface area contributed by atoms with Gasteiger partial charge in [-0.05, 0) is 18.7 Å². The molecule has 0 radical (unpaired) electrons. The van der Waals surface area contributed by atoms with Crippen LogP contribution in [-0.2, 0) is 6.54 Å². The maximum atomic E-state index is 9.02. The van der Waals surface area contributed by atoms with Crippen LogP contribution in [0.15, 0.2) is 24.7 Å². The summed E-state index contributed by atoms with van der Waals surface area (Å²) < 4.78 is 1.50. The maximum Gasteiger partial charge on any atom is 0.177 e. The maximum absolute atomic E-state index is 9.02. The number of nitrogens with one attached hydrogen (secondary N) is 1. The van der Waals surface area contributed by atoms with Gasteiger partial charge in [0.05, 0.1) is 0 Å². The van der Waals surface area contributed by atoms with Crippen molar-refractivity contribution in [3.63, 3.8) is 0 Å². The highest BCUT2D eigenvalue weighted by Crippen LogP contribution is 2.12. The third kappa shape index (κ3) is 2.05. The Kier molecular flexibility index (Phi) is 3.33. The Balaban J connectivity index is 2.41. The van der Waals surface area contributed by atoms with Crippen LogP contribution in [0.1, 0.15) is 17.0 Å². The molecule has 6 heteroatoms. The van der Waals surface area contributed by atoms with Crippen molar-refractivity contribution < 1.29 is 0 Å². The molecular weight excluding hydrogens is 228 g/mol. The van der Waals surface area contributed by atoms with E-state index in [1.807, 2.05) is 25.3 Å². The van der Waals surface area contributed by atoms with E-state index in [4.69, 9.17) is 10.5 Å². The van der Waals surface area contributed by atoms with Gasteiger partial charge in [-0.3, -0.25) is 4.57 Å². The molecular formula is C12H10N6. The minimum Gasteiger partial charge on any atom is -0.316 e. The van der Waals surface area contributed by atoms with Crippen molar-refractivity contribution >= 4 is 0 Å². The molecule has 0 aliphatic carbocycles. The van der Waals surface area contributed by atoms with Gasteiger partial charge in [-0.1, -0.05) is 6.07 Å². The zero-order chi connectivity index (χ0) is 13.0. The van der Waals surface area contributed by atoms with Crippen LogP contribution in [0.3, 0.4) is 0 Å². The molecule has 2 rings (SSSR count). The quantitative estimate of drug-likeness (QED) is 0.851. The first-order valence-corrected chi connectivity index (χ1v) is 5.27. The van der Waals surface area contributed by atoms with E-state index in [1.165, 1.54) is 10.9 Å². The largest absolute Gasteiger partial charge is 0.316 e. The standard InChI is InChI=1S/C12H10N6/c1-15-6-9-2-3-12(16-7-9)18-8-17-10(4-13)11(18)5-14/h2-3,7-8,15H,6H2,1H3. The smallest absolute Gasteiger partial charge is 0.177 e. The molecule has 0 aromatic carbocycles. The fraction of sp³-hybridized carbons (Fsp3) is 0.167. The van der Waals surface area contributed by atoms with Gasteiger partial charge in [0.25, 0.3) is 0 Å². The van der Waals surface area contributed by atoms with Crippen molar-refractivity contribution in [1.29, 1.82) is 10.5 Å². The zero-order valence-corrected chi connectivity index (χ0v) is 9.75. The summed E-state index contributed by atoms with van der Waals surface area (Å²) in [4.78, 5) is 8.11. The Morgan fingerprint density at radius 2 is 2.11 bits per heavy atom. The lowest BCUT2D eigenvalue weighted by atomic mass is 10.3. The molecule has 88 valence electrons. The van der Waals surface area contributed by atoms with Gasteiger partial charge in [-0.15, -0.1) is 0 Å². The first-order valence-electron chi connectivity index (χ1n) is 5.27. The van der Waals surface area contributed by atoms with Crippen molar-refractivity contribution in [2.45, 2.75) is 6.54 Å². The van der Waals surface area contributed by atoms with Gasteiger partial charge >= 0.3 is 0 Å². The number of hydrogen-bond donors (Lipinski definition) is 1. The number of aromatic nitrogens is 3. The van der Waals surface area contributed by atoms with Gasteiger partial charge in [-0.25, -0.2) is 9.97 Å². The van der Waals surface area contributed by atoms with Gasteiger partial charge in [0.2, 0.25) is 0 Å². The molecule has 0 aliphatic heterocycles. The Bertz CT molecular complexity index is 626. The van der Waals surface area contributed by atoms with E-state index in [2.05, 4.69) is 15.3 Å². The zero-order valence-electron chi connectivity index (χ0n) is 9.75. The second-order valence-electron chi connectivity index (χ2n) is 3.59. The minimum atomic E-state index is 0.110. The lowest BCUT2D eigenvalue weighted by Gasteiger charge is -2.04. The van der Waals surface area contributed by atoms with E-state index in [-0.39, 0.29) is 11.4 Å². The Hall–Kier alpha value is -2.70. The number of rotatable bonds is 3. The summed E-state index contributed by atoms with van der Waals surface area (Å²) in [5.41, 5.74) is 1.35. The third-order valence-electron chi connectivity index (χ3n) is 2.42. The predicted octanol–water partition coefficient (Wildman–Crippen LogP) is 0.730. The van der Waals surface area contributed by atoms with Gasteiger partial charge in [0, 0.05) is 12.7 Å². The molecule has 1 N–H and O–H groups in total. The summed E-state index contributed by atoms with van der Waals surface area (Å²) in [7, 11) is 1.86. The lowest BCUT2D eigenvalue weighted by Crippen LogP contribution is -2.06. The van der Waals surface area contributed by atoms with E-state index >= 15 is 0 Å². The second-order valence-corrected chi connectivity index (χ2v) is 3.59. The summed E-state index contributed by atoms with van der Waals surface area (Å²) in [6.45, 7) is 0.728.